The molecule has 2 rings (SSSR count). The Morgan fingerprint density at radius 1 is 1.21 bits per heavy atom. The summed E-state index contributed by atoms with van der Waals surface area (Å²) in [7, 11) is 0. The van der Waals surface area contributed by atoms with Gasteiger partial charge >= 0.3 is 6.18 Å². The molecule has 104 valence electrons. The number of carbonyl (C=O) groups is 1. The average Bonchev–Trinajstić information content (AvgIpc) is 2.65. The highest BCUT2D eigenvalue weighted by atomic mass is 19.4. The summed E-state index contributed by atoms with van der Waals surface area (Å²) in [5.74, 6) is 0. The van der Waals surface area contributed by atoms with Gasteiger partial charge in [-0.1, -0.05) is 0 Å². The van der Waals surface area contributed by atoms with Gasteiger partial charge in [-0.3, -0.25) is 4.79 Å². The highest BCUT2D eigenvalue weighted by molar-refractivity contribution is 5.77. The second-order valence-electron chi connectivity index (χ2n) is 4.35. The van der Waals surface area contributed by atoms with E-state index in [2.05, 4.69) is 0 Å². The summed E-state index contributed by atoms with van der Waals surface area (Å²) in [5.41, 5.74) is -0.621. The number of nitrogens with zero attached hydrogens (tertiary/aromatic N) is 1. The lowest BCUT2D eigenvalue weighted by atomic mass is 10.1. The predicted octanol–water partition coefficient (Wildman–Crippen LogP) is 2.74. The number of hydrogen-bond donors (Lipinski definition) is 0. The lowest BCUT2D eigenvalue weighted by Gasteiger charge is -2.25. The molecule has 0 saturated carbocycles. The van der Waals surface area contributed by atoms with Crippen LogP contribution in [0.15, 0.2) is 18.2 Å². The van der Waals surface area contributed by atoms with Crippen LogP contribution < -0.4 is 4.90 Å². The van der Waals surface area contributed by atoms with Gasteiger partial charge in [-0.2, -0.15) is 13.2 Å². The molecule has 1 aromatic carbocycles. The van der Waals surface area contributed by atoms with Crippen molar-refractivity contribution in [1.29, 1.82) is 0 Å². The molecule has 0 radical (unpaired) electrons. The normalized spacial score (nSPS) is 17.1. The van der Waals surface area contributed by atoms with Gasteiger partial charge in [0.15, 0.2) is 0 Å². The predicted molar refractivity (Wildman–Crippen MR) is 64.5 cm³/mol. The number of ether oxygens (including phenoxy) is 1. The molecule has 0 bridgehead atoms. The van der Waals surface area contributed by atoms with Crippen LogP contribution >= 0.6 is 0 Å². The first-order valence-corrected chi connectivity index (χ1v) is 6.01. The van der Waals surface area contributed by atoms with E-state index in [4.69, 9.17) is 4.74 Å². The van der Waals surface area contributed by atoms with Crippen LogP contribution in [0.5, 0.6) is 0 Å². The van der Waals surface area contributed by atoms with E-state index in [1.165, 1.54) is 12.1 Å². The molecule has 3 nitrogen and oxygen atoms in total. The van der Waals surface area contributed by atoms with E-state index in [1.807, 2.05) is 0 Å². The number of halogens is 3. The second kappa shape index (κ2) is 5.61. The van der Waals surface area contributed by atoms with Gasteiger partial charge in [0.1, 0.15) is 6.29 Å². The van der Waals surface area contributed by atoms with Crippen molar-refractivity contribution in [2.75, 3.05) is 31.2 Å². The number of alkyl halides is 3. The highest BCUT2D eigenvalue weighted by Gasteiger charge is 2.35. The minimum absolute atomic E-state index is 0.0298. The zero-order valence-electron chi connectivity index (χ0n) is 10.2. The number of anilines is 1. The maximum atomic E-state index is 13.0. The van der Waals surface area contributed by atoms with Crippen LogP contribution in [0.3, 0.4) is 0 Å². The Kier molecular flexibility index (Phi) is 4.09. The van der Waals surface area contributed by atoms with Gasteiger partial charge in [-0.05, 0) is 24.6 Å². The third-order valence-electron chi connectivity index (χ3n) is 3.03. The number of aldehydes is 1. The molecule has 0 atom stereocenters. The van der Waals surface area contributed by atoms with E-state index in [0.29, 0.717) is 39.0 Å². The van der Waals surface area contributed by atoms with Gasteiger partial charge in [0.25, 0.3) is 0 Å². The number of rotatable bonds is 2. The molecule has 19 heavy (non-hydrogen) atoms. The Morgan fingerprint density at radius 3 is 2.68 bits per heavy atom. The molecule has 0 spiro atoms. The molecule has 6 heteroatoms. The Hall–Kier alpha value is -1.56. The number of carbonyl (C=O) groups excluding carboxylic acids is 1. The van der Waals surface area contributed by atoms with Crippen LogP contribution in [0.25, 0.3) is 0 Å². The zero-order valence-corrected chi connectivity index (χ0v) is 10.2. The molecular formula is C13H14F3NO2. The summed E-state index contributed by atoms with van der Waals surface area (Å²) in [6.07, 6.45) is -3.36. The van der Waals surface area contributed by atoms with Crippen LogP contribution in [-0.2, 0) is 10.9 Å². The Balaban J connectivity index is 2.40. The van der Waals surface area contributed by atoms with E-state index >= 15 is 0 Å². The van der Waals surface area contributed by atoms with Crippen LogP contribution in [0, 0.1) is 0 Å². The third kappa shape index (κ3) is 3.26. The lowest BCUT2D eigenvalue weighted by Crippen LogP contribution is -2.28. The molecule has 0 N–H and O–H groups in total. The first-order valence-electron chi connectivity index (χ1n) is 6.01. The summed E-state index contributed by atoms with van der Waals surface area (Å²) in [5, 5.41) is 0. The van der Waals surface area contributed by atoms with Crippen molar-refractivity contribution in [3.8, 4) is 0 Å². The summed E-state index contributed by atoms with van der Waals surface area (Å²) in [4.78, 5) is 12.3. The van der Waals surface area contributed by atoms with Gasteiger partial charge in [0.05, 0.1) is 12.2 Å². The summed E-state index contributed by atoms with van der Waals surface area (Å²) < 4.78 is 44.4. The van der Waals surface area contributed by atoms with Gasteiger partial charge in [0.2, 0.25) is 0 Å². The first-order chi connectivity index (χ1) is 9.02. The van der Waals surface area contributed by atoms with Crippen LogP contribution in [0.4, 0.5) is 18.9 Å². The molecule has 1 heterocycles. The van der Waals surface area contributed by atoms with Crippen molar-refractivity contribution in [1.82, 2.24) is 0 Å². The van der Waals surface area contributed by atoms with Crippen LogP contribution in [0.2, 0.25) is 0 Å². The fraction of sp³-hybridized carbons (Fsp3) is 0.462. The molecule has 0 unspecified atom stereocenters. The zero-order chi connectivity index (χ0) is 13.9. The van der Waals surface area contributed by atoms with E-state index < -0.39 is 11.7 Å². The second-order valence-corrected chi connectivity index (χ2v) is 4.35. The SMILES string of the molecule is O=Cc1ccc(N2CCCOCC2)c(C(F)(F)F)c1. The van der Waals surface area contributed by atoms with Crippen molar-refractivity contribution >= 4 is 12.0 Å². The van der Waals surface area contributed by atoms with Crippen molar-refractivity contribution < 1.29 is 22.7 Å². The van der Waals surface area contributed by atoms with Crippen LogP contribution in [-0.4, -0.2) is 32.6 Å². The number of hydrogen-bond acceptors (Lipinski definition) is 3. The first kappa shape index (κ1) is 13.9. The van der Waals surface area contributed by atoms with E-state index in [-0.39, 0.29) is 11.3 Å². The standard InChI is InChI=1S/C13H14F3NO2/c14-13(15,16)11-8-10(9-18)2-3-12(11)17-4-1-6-19-7-5-17/h2-3,8-9H,1,4-7H2. The summed E-state index contributed by atoms with van der Waals surface area (Å²) in [6.45, 7) is 1.91. The third-order valence-corrected chi connectivity index (χ3v) is 3.03. The quantitative estimate of drug-likeness (QED) is 0.776. The summed E-state index contributed by atoms with van der Waals surface area (Å²) >= 11 is 0. The van der Waals surface area contributed by atoms with Crippen molar-refractivity contribution in [3.63, 3.8) is 0 Å². The average molecular weight is 273 g/mol. The smallest absolute Gasteiger partial charge is 0.380 e. The number of benzene rings is 1. The molecule has 0 aromatic heterocycles. The van der Waals surface area contributed by atoms with E-state index in [0.717, 1.165) is 6.07 Å². The van der Waals surface area contributed by atoms with Crippen LogP contribution in [0.1, 0.15) is 22.3 Å². The maximum absolute atomic E-state index is 13.0. The van der Waals surface area contributed by atoms with Gasteiger partial charge in [-0.25, -0.2) is 0 Å². The largest absolute Gasteiger partial charge is 0.418 e. The minimum atomic E-state index is -4.47. The molecular weight excluding hydrogens is 259 g/mol. The fourth-order valence-corrected chi connectivity index (χ4v) is 2.12. The van der Waals surface area contributed by atoms with Gasteiger partial charge < -0.3 is 9.64 Å². The van der Waals surface area contributed by atoms with E-state index in [1.54, 1.807) is 4.90 Å². The molecule has 0 aliphatic carbocycles. The van der Waals surface area contributed by atoms with E-state index in [9.17, 15) is 18.0 Å². The summed E-state index contributed by atoms with van der Waals surface area (Å²) in [6, 6.07) is 3.66. The van der Waals surface area contributed by atoms with Crippen molar-refractivity contribution in [2.45, 2.75) is 12.6 Å². The van der Waals surface area contributed by atoms with Crippen molar-refractivity contribution in [3.05, 3.63) is 29.3 Å². The Bertz CT molecular complexity index is 452. The lowest BCUT2D eigenvalue weighted by molar-refractivity contribution is -0.137. The molecule has 0 amide bonds. The van der Waals surface area contributed by atoms with Crippen molar-refractivity contribution in [2.24, 2.45) is 0 Å². The molecule has 1 aliphatic rings. The topological polar surface area (TPSA) is 29.5 Å². The Labute approximate surface area is 109 Å². The fourth-order valence-electron chi connectivity index (χ4n) is 2.12. The monoisotopic (exact) mass is 273 g/mol. The molecule has 1 aliphatic heterocycles. The molecule has 1 aromatic rings. The van der Waals surface area contributed by atoms with Gasteiger partial charge in [0, 0.05) is 30.9 Å². The minimum Gasteiger partial charge on any atom is -0.380 e. The molecule has 1 saturated heterocycles. The van der Waals surface area contributed by atoms with Gasteiger partial charge in [-0.15, -0.1) is 0 Å². The Morgan fingerprint density at radius 2 is 2.00 bits per heavy atom. The maximum Gasteiger partial charge on any atom is 0.418 e. The highest BCUT2D eigenvalue weighted by Crippen LogP contribution is 2.37. The molecule has 1 fully saturated rings.